The van der Waals surface area contributed by atoms with Crippen molar-refractivity contribution in [2.45, 2.75) is 51.4 Å². The Bertz CT molecular complexity index is 390. The Hall–Kier alpha value is -1.06. The number of benzene rings is 1. The molecule has 0 heterocycles. The summed E-state index contributed by atoms with van der Waals surface area (Å²) in [5.41, 5.74) is 8.03. The van der Waals surface area contributed by atoms with Gasteiger partial charge in [0.2, 0.25) is 0 Å². The van der Waals surface area contributed by atoms with Gasteiger partial charge in [-0.05, 0) is 50.3 Å². The molecule has 3 atom stereocenters. The molecular weight excluding hydrogens is 214 g/mol. The van der Waals surface area contributed by atoms with E-state index in [1.54, 1.807) is 0 Å². The van der Waals surface area contributed by atoms with Gasteiger partial charge in [-0.1, -0.05) is 12.1 Å². The first-order valence-electron chi connectivity index (χ1n) is 6.29. The normalized spacial score (nSPS) is 25.9. The molecule has 3 heteroatoms. The van der Waals surface area contributed by atoms with Crippen molar-refractivity contribution in [3.05, 3.63) is 29.3 Å². The average Bonchev–Trinajstić information content (AvgIpc) is 2.67. The topological polar surface area (TPSA) is 55.5 Å². The Morgan fingerprint density at radius 3 is 2.71 bits per heavy atom. The van der Waals surface area contributed by atoms with Gasteiger partial charge in [0.15, 0.2) is 0 Å². The molecule has 1 aromatic rings. The molecular formula is C14H21NO2. The summed E-state index contributed by atoms with van der Waals surface area (Å²) >= 11 is 0. The molecule has 0 radical (unpaired) electrons. The van der Waals surface area contributed by atoms with E-state index in [2.05, 4.69) is 6.07 Å². The zero-order valence-corrected chi connectivity index (χ0v) is 10.5. The summed E-state index contributed by atoms with van der Waals surface area (Å²) in [4.78, 5) is 0. The van der Waals surface area contributed by atoms with Gasteiger partial charge in [0.1, 0.15) is 11.9 Å². The highest BCUT2D eigenvalue weighted by Crippen LogP contribution is 2.28. The monoisotopic (exact) mass is 235 g/mol. The van der Waals surface area contributed by atoms with Crippen LogP contribution in [0.2, 0.25) is 0 Å². The van der Waals surface area contributed by atoms with E-state index in [-0.39, 0.29) is 18.2 Å². The van der Waals surface area contributed by atoms with Crippen LogP contribution in [0.25, 0.3) is 0 Å². The van der Waals surface area contributed by atoms with E-state index in [9.17, 15) is 5.11 Å². The van der Waals surface area contributed by atoms with Crippen LogP contribution >= 0.6 is 0 Å². The zero-order valence-electron chi connectivity index (χ0n) is 10.5. The van der Waals surface area contributed by atoms with Crippen LogP contribution in [0.15, 0.2) is 18.2 Å². The molecule has 2 unspecified atom stereocenters. The van der Waals surface area contributed by atoms with Crippen molar-refractivity contribution in [1.82, 2.24) is 0 Å². The van der Waals surface area contributed by atoms with Crippen LogP contribution in [0.1, 0.15) is 43.4 Å². The number of aryl methyl sites for hydroxylation is 1. The second-order valence-electron chi connectivity index (χ2n) is 4.97. The van der Waals surface area contributed by atoms with Gasteiger partial charge in [-0.3, -0.25) is 0 Å². The molecule has 0 spiro atoms. The largest absolute Gasteiger partial charge is 0.487 e. The van der Waals surface area contributed by atoms with Crippen LogP contribution in [-0.4, -0.2) is 17.3 Å². The minimum Gasteiger partial charge on any atom is -0.487 e. The van der Waals surface area contributed by atoms with Crippen LogP contribution in [0.5, 0.6) is 5.75 Å². The van der Waals surface area contributed by atoms with Crippen molar-refractivity contribution in [1.29, 1.82) is 0 Å². The highest BCUT2D eigenvalue weighted by atomic mass is 16.5. The fraction of sp³-hybridized carbons (Fsp3) is 0.571. The summed E-state index contributed by atoms with van der Waals surface area (Å²) in [5, 5.41) is 9.74. The maximum absolute atomic E-state index is 9.74. The molecule has 0 aromatic heterocycles. The van der Waals surface area contributed by atoms with Crippen molar-refractivity contribution in [2.24, 2.45) is 5.73 Å². The van der Waals surface area contributed by atoms with Crippen molar-refractivity contribution in [3.8, 4) is 5.75 Å². The molecule has 1 saturated carbocycles. The van der Waals surface area contributed by atoms with Gasteiger partial charge in [-0.15, -0.1) is 0 Å². The summed E-state index contributed by atoms with van der Waals surface area (Å²) in [5.74, 6) is 0.861. The Morgan fingerprint density at radius 2 is 2.18 bits per heavy atom. The van der Waals surface area contributed by atoms with Crippen LogP contribution in [0.3, 0.4) is 0 Å². The van der Waals surface area contributed by atoms with Gasteiger partial charge >= 0.3 is 0 Å². The Morgan fingerprint density at radius 1 is 1.41 bits per heavy atom. The van der Waals surface area contributed by atoms with Gasteiger partial charge in [-0.25, -0.2) is 0 Å². The zero-order chi connectivity index (χ0) is 12.4. The van der Waals surface area contributed by atoms with Crippen molar-refractivity contribution in [2.75, 3.05) is 0 Å². The molecule has 3 nitrogen and oxygen atoms in total. The number of hydrogen-bond donors (Lipinski definition) is 2. The third-order valence-electron chi connectivity index (χ3n) is 3.42. The maximum atomic E-state index is 9.74. The SMILES string of the molecule is Cc1cc([C@@H](C)N)ccc1OC1CCCC1O. The first-order chi connectivity index (χ1) is 8.08. The van der Waals surface area contributed by atoms with Crippen LogP contribution in [-0.2, 0) is 0 Å². The first kappa shape index (κ1) is 12.4. The minimum atomic E-state index is -0.317. The van der Waals surface area contributed by atoms with Crippen molar-refractivity contribution < 1.29 is 9.84 Å². The summed E-state index contributed by atoms with van der Waals surface area (Å²) < 4.78 is 5.86. The van der Waals surface area contributed by atoms with Gasteiger partial charge in [0, 0.05) is 6.04 Å². The predicted octanol–water partition coefficient (Wildman–Crippen LogP) is 2.31. The van der Waals surface area contributed by atoms with E-state index < -0.39 is 0 Å². The molecule has 0 saturated heterocycles. The summed E-state index contributed by atoms with van der Waals surface area (Å²) in [7, 11) is 0. The maximum Gasteiger partial charge on any atom is 0.124 e. The van der Waals surface area contributed by atoms with Crippen molar-refractivity contribution >= 4 is 0 Å². The third-order valence-corrected chi connectivity index (χ3v) is 3.42. The number of hydrogen-bond acceptors (Lipinski definition) is 3. The highest BCUT2D eigenvalue weighted by molar-refractivity contribution is 5.37. The Labute approximate surface area is 103 Å². The molecule has 94 valence electrons. The molecule has 3 N–H and O–H groups in total. The standard InChI is InChI=1S/C14H21NO2/c1-9-8-11(10(2)15)6-7-13(9)17-14-5-3-4-12(14)16/h6-8,10,12,14,16H,3-5,15H2,1-2H3/t10-,12?,14?/m1/s1. The minimum absolute atomic E-state index is 0.0415. The van der Waals surface area contributed by atoms with Crippen LogP contribution < -0.4 is 10.5 Å². The lowest BCUT2D eigenvalue weighted by Crippen LogP contribution is -2.25. The number of aliphatic hydroxyl groups excluding tert-OH is 1. The molecule has 1 fully saturated rings. The lowest BCUT2D eigenvalue weighted by atomic mass is 10.1. The number of aliphatic hydroxyl groups is 1. The summed E-state index contributed by atoms with van der Waals surface area (Å²) in [6.45, 7) is 3.98. The molecule has 2 rings (SSSR count). The van der Waals surface area contributed by atoms with E-state index in [1.165, 1.54) is 0 Å². The van der Waals surface area contributed by atoms with Crippen LogP contribution in [0, 0.1) is 6.92 Å². The second-order valence-corrected chi connectivity index (χ2v) is 4.97. The lowest BCUT2D eigenvalue weighted by molar-refractivity contribution is 0.0599. The predicted molar refractivity (Wildman–Crippen MR) is 68.1 cm³/mol. The Balaban J connectivity index is 2.11. The second kappa shape index (κ2) is 5.07. The summed E-state index contributed by atoms with van der Waals surface area (Å²) in [6.07, 6.45) is 2.47. The molecule has 1 aromatic carbocycles. The fourth-order valence-electron chi connectivity index (χ4n) is 2.30. The van der Waals surface area contributed by atoms with Crippen molar-refractivity contribution in [3.63, 3.8) is 0 Å². The fourth-order valence-corrected chi connectivity index (χ4v) is 2.30. The molecule has 1 aliphatic rings. The quantitative estimate of drug-likeness (QED) is 0.845. The van der Waals surface area contributed by atoms with Gasteiger partial charge < -0.3 is 15.6 Å². The number of nitrogens with two attached hydrogens (primary N) is 1. The molecule has 0 aliphatic heterocycles. The van der Waals surface area contributed by atoms with Crippen LogP contribution in [0.4, 0.5) is 0 Å². The van der Waals surface area contributed by atoms with E-state index in [1.807, 2.05) is 26.0 Å². The Kier molecular flexibility index (Phi) is 3.69. The average molecular weight is 235 g/mol. The van der Waals surface area contributed by atoms with E-state index in [4.69, 9.17) is 10.5 Å². The van der Waals surface area contributed by atoms with E-state index in [0.29, 0.717) is 0 Å². The molecule has 0 amide bonds. The molecule has 1 aliphatic carbocycles. The van der Waals surface area contributed by atoms with E-state index in [0.717, 1.165) is 36.1 Å². The molecule has 0 bridgehead atoms. The third kappa shape index (κ3) is 2.79. The number of ether oxygens (including phenoxy) is 1. The smallest absolute Gasteiger partial charge is 0.124 e. The molecule has 17 heavy (non-hydrogen) atoms. The van der Waals surface area contributed by atoms with Gasteiger partial charge in [0.05, 0.1) is 6.10 Å². The first-order valence-corrected chi connectivity index (χ1v) is 6.29. The summed E-state index contributed by atoms with van der Waals surface area (Å²) in [6, 6.07) is 6.05. The van der Waals surface area contributed by atoms with Gasteiger partial charge in [0.25, 0.3) is 0 Å². The van der Waals surface area contributed by atoms with E-state index >= 15 is 0 Å². The lowest BCUT2D eigenvalue weighted by Gasteiger charge is -2.19. The number of rotatable bonds is 3. The van der Waals surface area contributed by atoms with Gasteiger partial charge in [-0.2, -0.15) is 0 Å². The highest BCUT2D eigenvalue weighted by Gasteiger charge is 2.27.